The Kier molecular flexibility index (Phi) is 6.02. The third-order valence-corrected chi connectivity index (χ3v) is 3.12. The summed E-state index contributed by atoms with van der Waals surface area (Å²) < 4.78 is 0. The molecule has 4 nitrogen and oxygen atoms in total. The second-order valence-electron chi connectivity index (χ2n) is 5.95. The van der Waals surface area contributed by atoms with Gasteiger partial charge in [-0.1, -0.05) is 26.0 Å². The number of phenols is 1. The molecule has 0 aliphatic rings. The quantitative estimate of drug-likeness (QED) is 0.839. The van der Waals surface area contributed by atoms with Crippen molar-refractivity contribution in [2.24, 2.45) is 5.92 Å². The molecule has 0 aromatic heterocycles. The molecule has 112 valence electrons. The highest BCUT2D eigenvalue weighted by molar-refractivity contribution is 5.77. The topological polar surface area (TPSA) is 52.6 Å². The number of rotatable bonds is 6. The molecule has 4 heteroatoms. The molecule has 0 spiro atoms. The zero-order chi connectivity index (χ0) is 15.3. The first-order chi connectivity index (χ1) is 9.29. The van der Waals surface area contributed by atoms with Gasteiger partial charge in [-0.15, -0.1) is 0 Å². The van der Waals surface area contributed by atoms with Crippen molar-refractivity contribution in [3.05, 3.63) is 28.8 Å². The van der Waals surface area contributed by atoms with E-state index in [1.807, 2.05) is 37.9 Å². The summed E-state index contributed by atoms with van der Waals surface area (Å²) in [6.45, 7) is 9.72. The first-order valence-electron chi connectivity index (χ1n) is 7.04. The van der Waals surface area contributed by atoms with Crippen LogP contribution in [-0.2, 0) is 11.3 Å². The standard InChI is InChI=1S/C16H26N2O2/c1-11(2)8-17-15(19)10-18(5)9-14-6-12(3)16(20)13(4)7-14/h6-7,11,20H,8-10H2,1-5H3,(H,17,19). The lowest BCUT2D eigenvalue weighted by Gasteiger charge is -2.18. The molecular formula is C16H26N2O2. The third kappa shape index (κ3) is 5.21. The van der Waals surface area contributed by atoms with Crippen LogP contribution < -0.4 is 5.32 Å². The van der Waals surface area contributed by atoms with E-state index in [1.165, 1.54) is 0 Å². The maximum atomic E-state index is 11.7. The predicted octanol–water partition coefficient (Wildman–Crippen LogP) is 2.21. The Labute approximate surface area is 121 Å². The van der Waals surface area contributed by atoms with E-state index in [1.54, 1.807) is 0 Å². The summed E-state index contributed by atoms with van der Waals surface area (Å²) in [6, 6.07) is 3.93. The van der Waals surface area contributed by atoms with Gasteiger partial charge < -0.3 is 10.4 Å². The SMILES string of the molecule is Cc1cc(CN(C)CC(=O)NCC(C)C)cc(C)c1O. The van der Waals surface area contributed by atoms with Crippen molar-refractivity contribution in [3.8, 4) is 5.75 Å². The molecule has 0 fully saturated rings. The smallest absolute Gasteiger partial charge is 0.234 e. The number of benzene rings is 1. The van der Waals surface area contributed by atoms with Crippen LogP contribution in [-0.4, -0.2) is 36.1 Å². The minimum absolute atomic E-state index is 0.0495. The van der Waals surface area contributed by atoms with E-state index in [2.05, 4.69) is 19.2 Å². The highest BCUT2D eigenvalue weighted by Gasteiger charge is 2.09. The highest BCUT2D eigenvalue weighted by Crippen LogP contribution is 2.23. The van der Waals surface area contributed by atoms with Gasteiger partial charge in [0.1, 0.15) is 5.75 Å². The van der Waals surface area contributed by atoms with Crippen molar-refractivity contribution >= 4 is 5.91 Å². The second-order valence-corrected chi connectivity index (χ2v) is 5.95. The van der Waals surface area contributed by atoms with E-state index in [4.69, 9.17) is 0 Å². The van der Waals surface area contributed by atoms with Crippen molar-refractivity contribution in [1.29, 1.82) is 0 Å². The Hall–Kier alpha value is -1.55. The van der Waals surface area contributed by atoms with E-state index in [0.29, 0.717) is 31.3 Å². The van der Waals surface area contributed by atoms with Gasteiger partial charge in [-0.25, -0.2) is 0 Å². The molecule has 1 aromatic carbocycles. The number of amides is 1. The summed E-state index contributed by atoms with van der Waals surface area (Å²) >= 11 is 0. The van der Waals surface area contributed by atoms with Gasteiger partial charge in [0.15, 0.2) is 0 Å². The van der Waals surface area contributed by atoms with Crippen LogP contribution >= 0.6 is 0 Å². The Morgan fingerprint density at radius 2 is 1.85 bits per heavy atom. The lowest BCUT2D eigenvalue weighted by atomic mass is 10.1. The van der Waals surface area contributed by atoms with Gasteiger partial charge >= 0.3 is 0 Å². The lowest BCUT2D eigenvalue weighted by molar-refractivity contribution is -0.122. The molecule has 0 bridgehead atoms. The minimum atomic E-state index is 0.0495. The Morgan fingerprint density at radius 3 is 2.35 bits per heavy atom. The van der Waals surface area contributed by atoms with Gasteiger partial charge in [0, 0.05) is 13.1 Å². The van der Waals surface area contributed by atoms with Gasteiger partial charge in [-0.2, -0.15) is 0 Å². The van der Waals surface area contributed by atoms with E-state index in [-0.39, 0.29) is 5.91 Å². The summed E-state index contributed by atoms with van der Waals surface area (Å²) in [6.07, 6.45) is 0. The zero-order valence-electron chi connectivity index (χ0n) is 13.2. The minimum Gasteiger partial charge on any atom is -0.507 e. The molecule has 0 aliphatic carbocycles. The average molecular weight is 278 g/mol. The van der Waals surface area contributed by atoms with E-state index in [9.17, 15) is 9.90 Å². The van der Waals surface area contributed by atoms with Crippen molar-refractivity contribution in [1.82, 2.24) is 10.2 Å². The average Bonchev–Trinajstić information content (AvgIpc) is 2.33. The number of likely N-dealkylation sites (N-methyl/N-ethyl adjacent to an activating group) is 1. The van der Waals surface area contributed by atoms with Crippen LogP contribution in [0.25, 0.3) is 0 Å². The molecule has 0 heterocycles. The summed E-state index contributed by atoms with van der Waals surface area (Å²) in [5, 5.41) is 12.7. The number of carbonyl (C=O) groups excluding carboxylic acids is 1. The Morgan fingerprint density at radius 1 is 1.30 bits per heavy atom. The molecule has 0 saturated carbocycles. The molecule has 0 aliphatic heterocycles. The number of nitrogens with zero attached hydrogens (tertiary/aromatic N) is 1. The number of hydrogen-bond donors (Lipinski definition) is 2. The second kappa shape index (κ2) is 7.29. The Balaban J connectivity index is 2.54. The first-order valence-corrected chi connectivity index (χ1v) is 7.04. The van der Waals surface area contributed by atoms with Crippen LogP contribution in [0.3, 0.4) is 0 Å². The molecular weight excluding hydrogens is 252 g/mol. The molecule has 2 N–H and O–H groups in total. The zero-order valence-corrected chi connectivity index (χ0v) is 13.2. The molecule has 0 radical (unpaired) electrons. The third-order valence-electron chi connectivity index (χ3n) is 3.12. The number of aryl methyl sites for hydroxylation is 2. The number of phenolic OH excluding ortho intramolecular Hbond substituents is 1. The van der Waals surface area contributed by atoms with Crippen molar-refractivity contribution in [2.75, 3.05) is 20.1 Å². The van der Waals surface area contributed by atoms with Crippen LogP contribution in [0.5, 0.6) is 5.75 Å². The summed E-state index contributed by atoms with van der Waals surface area (Å²) in [7, 11) is 1.92. The number of hydrogen-bond acceptors (Lipinski definition) is 3. The monoisotopic (exact) mass is 278 g/mol. The number of nitrogens with one attached hydrogen (secondary N) is 1. The fourth-order valence-electron chi connectivity index (χ4n) is 2.12. The molecule has 0 saturated heterocycles. The van der Waals surface area contributed by atoms with Crippen LogP contribution in [0.4, 0.5) is 0 Å². The normalized spacial score (nSPS) is 11.2. The summed E-state index contributed by atoms with van der Waals surface area (Å²) in [4.78, 5) is 13.7. The molecule has 1 amide bonds. The van der Waals surface area contributed by atoms with E-state index >= 15 is 0 Å². The van der Waals surface area contributed by atoms with Crippen LogP contribution in [0.1, 0.15) is 30.5 Å². The highest BCUT2D eigenvalue weighted by atomic mass is 16.3. The fourth-order valence-corrected chi connectivity index (χ4v) is 2.12. The molecule has 0 unspecified atom stereocenters. The van der Waals surface area contributed by atoms with Crippen molar-refractivity contribution in [3.63, 3.8) is 0 Å². The predicted molar refractivity (Wildman–Crippen MR) is 81.8 cm³/mol. The first kappa shape index (κ1) is 16.5. The lowest BCUT2D eigenvalue weighted by Crippen LogP contribution is -2.36. The van der Waals surface area contributed by atoms with Crippen molar-refractivity contribution < 1.29 is 9.90 Å². The van der Waals surface area contributed by atoms with Gasteiger partial charge in [-0.3, -0.25) is 9.69 Å². The summed E-state index contributed by atoms with van der Waals surface area (Å²) in [5.41, 5.74) is 2.85. The summed E-state index contributed by atoms with van der Waals surface area (Å²) in [5.74, 6) is 0.867. The molecule has 1 aromatic rings. The van der Waals surface area contributed by atoms with Gasteiger partial charge in [0.25, 0.3) is 0 Å². The maximum absolute atomic E-state index is 11.7. The molecule has 20 heavy (non-hydrogen) atoms. The van der Waals surface area contributed by atoms with Crippen LogP contribution in [0.2, 0.25) is 0 Å². The number of aromatic hydroxyl groups is 1. The van der Waals surface area contributed by atoms with E-state index in [0.717, 1.165) is 16.7 Å². The molecule has 0 atom stereocenters. The van der Waals surface area contributed by atoms with Crippen LogP contribution in [0.15, 0.2) is 12.1 Å². The number of carbonyl (C=O) groups is 1. The van der Waals surface area contributed by atoms with E-state index < -0.39 is 0 Å². The fraction of sp³-hybridized carbons (Fsp3) is 0.562. The van der Waals surface area contributed by atoms with Gasteiger partial charge in [-0.05, 0) is 43.5 Å². The van der Waals surface area contributed by atoms with Crippen LogP contribution in [0, 0.1) is 19.8 Å². The van der Waals surface area contributed by atoms with Crippen molar-refractivity contribution in [2.45, 2.75) is 34.2 Å². The Bertz CT molecular complexity index is 447. The van der Waals surface area contributed by atoms with Gasteiger partial charge in [0.05, 0.1) is 6.54 Å². The largest absolute Gasteiger partial charge is 0.507 e. The van der Waals surface area contributed by atoms with Gasteiger partial charge in [0.2, 0.25) is 5.91 Å². The maximum Gasteiger partial charge on any atom is 0.234 e. The molecule has 1 rings (SSSR count).